The molecule has 0 heterocycles. The van der Waals surface area contributed by atoms with Crippen LogP contribution in [-0.2, 0) is 4.79 Å². The van der Waals surface area contributed by atoms with Crippen molar-refractivity contribution in [1.82, 2.24) is 5.43 Å². The minimum absolute atomic E-state index is 0.0410. The summed E-state index contributed by atoms with van der Waals surface area (Å²) in [4.78, 5) is 10.9. The molecule has 0 aromatic rings. The molecule has 0 aromatic carbocycles. The molecule has 0 aliphatic carbocycles. The topological polar surface area (TPSA) is 55.1 Å². The van der Waals surface area contributed by atoms with Crippen LogP contribution in [0.3, 0.4) is 0 Å². The monoisotopic (exact) mass is 310 g/mol. The van der Waals surface area contributed by atoms with E-state index in [1.807, 2.05) is 6.08 Å². The fraction of sp³-hybridized carbons (Fsp3) is 0.842. The fourth-order valence-corrected chi connectivity index (χ4v) is 2.77. The highest BCUT2D eigenvalue weighted by atomic mass is 16.2. The third-order valence-corrected chi connectivity index (χ3v) is 4.22. The maximum atomic E-state index is 10.9. The van der Waals surface area contributed by atoms with Crippen LogP contribution in [0.2, 0.25) is 0 Å². The van der Waals surface area contributed by atoms with Gasteiger partial charge in [-0.25, -0.2) is 5.84 Å². The summed E-state index contributed by atoms with van der Waals surface area (Å²) < 4.78 is 0. The zero-order valence-corrected chi connectivity index (χ0v) is 14.6. The van der Waals surface area contributed by atoms with Gasteiger partial charge in [0.15, 0.2) is 0 Å². The van der Waals surface area contributed by atoms with Gasteiger partial charge in [-0.15, -0.1) is 6.58 Å². The number of carbonyl (C=O) groups excluding carboxylic acids is 1. The van der Waals surface area contributed by atoms with Crippen LogP contribution >= 0.6 is 0 Å². The van der Waals surface area contributed by atoms with Gasteiger partial charge in [0.05, 0.1) is 0 Å². The molecule has 0 atom stereocenters. The third kappa shape index (κ3) is 17.2. The van der Waals surface area contributed by atoms with E-state index < -0.39 is 0 Å². The molecule has 3 N–H and O–H groups in total. The Hall–Kier alpha value is -0.830. The number of amides is 1. The van der Waals surface area contributed by atoms with Crippen LogP contribution in [0.25, 0.3) is 0 Å². The van der Waals surface area contributed by atoms with Crippen molar-refractivity contribution in [3.63, 3.8) is 0 Å². The van der Waals surface area contributed by atoms with E-state index in [1.165, 1.54) is 83.5 Å². The van der Waals surface area contributed by atoms with Gasteiger partial charge in [0, 0.05) is 6.42 Å². The van der Waals surface area contributed by atoms with E-state index in [4.69, 9.17) is 5.84 Å². The Bertz CT molecular complexity index is 254. The second kappa shape index (κ2) is 18.2. The summed E-state index contributed by atoms with van der Waals surface area (Å²) in [5.41, 5.74) is 2.17. The maximum absolute atomic E-state index is 10.9. The normalized spacial score (nSPS) is 10.6. The molecule has 0 aliphatic rings. The zero-order valence-electron chi connectivity index (χ0n) is 14.6. The molecule has 0 fully saturated rings. The summed E-state index contributed by atoms with van der Waals surface area (Å²) in [6, 6.07) is 0. The number of hydrogen-bond donors (Lipinski definition) is 2. The van der Waals surface area contributed by atoms with Crippen LogP contribution in [0.15, 0.2) is 12.7 Å². The average molecular weight is 311 g/mol. The molecule has 0 rings (SSSR count). The van der Waals surface area contributed by atoms with Crippen LogP contribution in [0.5, 0.6) is 0 Å². The lowest BCUT2D eigenvalue weighted by Crippen LogP contribution is -2.29. The van der Waals surface area contributed by atoms with E-state index in [0.29, 0.717) is 6.42 Å². The van der Waals surface area contributed by atoms with E-state index in [2.05, 4.69) is 12.0 Å². The van der Waals surface area contributed by atoms with E-state index in [0.717, 1.165) is 12.8 Å². The minimum atomic E-state index is -0.0410. The molecule has 3 heteroatoms. The Morgan fingerprint density at radius 2 is 1.09 bits per heavy atom. The van der Waals surface area contributed by atoms with Gasteiger partial charge in [0.25, 0.3) is 0 Å². The highest BCUT2D eigenvalue weighted by Gasteiger charge is 1.98. The first-order valence-corrected chi connectivity index (χ1v) is 9.41. The Morgan fingerprint density at radius 3 is 1.45 bits per heavy atom. The van der Waals surface area contributed by atoms with Crippen molar-refractivity contribution in [2.45, 2.75) is 103 Å². The number of hydrogen-bond acceptors (Lipinski definition) is 2. The quantitative estimate of drug-likeness (QED) is 0.124. The number of rotatable bonds is 17. The molecule has 0 spiro atoms. The number of nitrogens with one attached hydrogen (secondary N) is 1. The molecule has 3 nitrogen and oxygen atoms in total. The van der Waals surface area contributed by atoms with Crippen molar-refractivity contribution in [2.24, 2.45) is 5.84 Å². The molecule has 0 aliphatic heterocycles. The van der Waals surface area contributed by atoms with Crippen LogP contribution < -0.4 is 11.3 Å². The number of carbonyl (C=O) groups is 1. The van der Waals surface area contributed by atoms with Crippen molar-refractivity contribution in [3.8, 4) is 0 Å². The van der Waals surface area contributed by atoms with Crippen molar-refractivity contribution < 1.29 is 4.79 Å². The van der Waals surface area contributed by atoms with E-state index >= 15 is 0 Å². The lowest BCUT2D eigenvalue weighted by atomic mass is 10.0. The van der Waals surface area contributed by atoms with Gasteiger partial charge in [-0.3, -0.25) is 10.2 Å². The van der Waals surface area contributed by atoms with Crippen LogP contribution in [0.4, 0.5) is 0 Å². The third-order valence-electron chi connectivity index (χ3n) is 4.22. The molecule has 0 aromatic heterocycles. The highest BCUT2D eigenvalue weighted by Crippen LogP contribution is 2.13. The number of nitrogens with two attached hydrogens (primary N) is 1. The van der Waals surface area contributed by atoms with Crippen molar-refractivity contribution >= 4 is 5.91 Å². The Balaban J connectivity index is 2.99. The maximum Gasteiger partial charge on any atom is 0.233 e. The minimum Gasteiger partial charge on any atom is -0.294 e. The van der Waals surface area contributed by atoms with Crippen LogP contribution in [0, 0.1) is 0 Å². The van der Waals surface area contributed by atoms with Gasteiger partial charge in [-0.1, -0.05) is 83.1 Å². The van der Waals surface area contributed by atoms with E-state index in [-0.39, 0.29) is 5.91 Å². The van der Waals surface area contributed by atoms with Crippen LogP contribution in [-0.4, -0.2) is 5.91 Å². The molecule has 0 unspecified atom stereocenters. The molecule has 0 bridgehead atoms. The van der Waals surface area contributed by atoms with Gasteiger partial charge in [0.2, 0.25) is 5.91 Å². The van der Waals surface area contributed by atoms with Gasteiger partial charge in [-0.2, -0.15) is 0 Å². The standard InChI is InChI=1S/C19H38N2O/c1-2-3-4-5-6-7-8-9-10-11-12-13-14-15-16-17-18-19(22)21-20/h2H,1,3-18,20H2,(H,21,22). The van der Waals surface area contributed by atoms with Gasteiger partial charge in [-0.05, 0) is 19.3 Å². The largest absolute Gasteiger partial charge is 0.294 e. The summed E-state index contributed by atoms with van der Waals surface area (Å²) in [6.45, 7) is 3.75. The lowest BCUT2D eigenvalue weighted by Gasteiger charge is -2.03. The Morgan fingerprint density at radius 1 is 0.727 bits per heavy atom. The summed E-state index contributed by atoms with van der Waals surface area (Å²) in [5, 5.41) is 0. The molecular formula is C19H38N2O. The van der Waals surface area contributed by atoms with E-state index in [9.17, 15) is 4.79 Å². The first-order valence-electron chi connectivity index (χ1n) is 9.41. The fourth-order valence-electron chi connectivity index (χ4n) is 2.77. The summed E-state index contributed by atoms with van der Waals surface area (Å²) in [5.74, 6) is 4.99. The summed E-state index contributed by atoms with van der Waals surface area (Å²) in [6.07, 6.45) is 22.3. The second-order valence-electron chi connectivity index (χ2n) is 6.34. The molecular weight excluding hydrogens is 272 g/mol. The number of hydrazine groups is 1. The van der Waals surface area contributed by atoms with Crippen molar-refractivity contribution in [1.29, 1.82) is 0 Å². The SMILES string of the molecule is C=CCCCCCCCCCCCCCCCCC(=O)NN. The van der Waals surface area contributed by atoms with Crippen molar-refractivity contribution in [2.75, 3.05) is 0 Å². The molecule has 0 radical (unpaired) electrons. The summed E-state index contributed by atoms with van der Waals surface area (Å²) >= 11 is 0. The van der Waals surface area contributed by atoms with E-state index in [1.54, 1.807) is 0 Å². The number of unbranched alkanes of at least 4 members (excludes halogenated alkanes) is 14. The van der Waals surface area contributed by atoms with Crippen molar-refractivity contribution in [3.05, 3.63) is 12.7 Å². The Labute approximate surface area is 138 Å². The lowest BCUT2D eigenvalue weighted by molar-refractivity contribution is -0.121. The average Bonchev–Trinajstić information content (AvgIpc) is 2.54. The van der Waals surface area contributed by atoms with Crippen LogP contribution in [0.1, 0.15) is 103 Å². The Kier molecular flexibility index (Phi) is 17.5. The van der Waals surface area contributed by atoms with Gasteiger partial charge in [0.1, 0.15) is 0 Å². The molecule has 0 saturated heterocycles. The summed E-state index contributed by atoms with van der Waals surface area (Å²) in [7, 11) is 0. The smallest absolute Gasteiger partial charge is 0.233 e. The number of allylic oxidation sites excluding steroid dienone is 1. The first-order chi connectivity index (χ1) is 10.8. The zero-order chi connectivity index (χ0) is 16.3. The molecule has 1 amide bonds. The van der Waals surface area contributed by atoms with Gasteiger partial charge >= 0.3 is 0 Å². The second-order valence-corrected chi connectivity index (χ2v) is 6.34. The van der Waals surface area contributed by atoms with Gasteiger partial charge < -0.3 is 0 Å². The molecule has 130 valence electrons. The predicted octanol–water partition coefficient (Wildman–Crippen LogP) is 5.40. The highest BCUT2D eigenvalue weighted by molar-refractivity contribution is 5.74. The molecule has 0 saturated carbocycles. The first kappa shape index (κ1) is 21.2. The predicted molar refractivity (Wildman–Crippen MR) is 96.4 cm³/mol. The molecule has 22 heavy (non-hydrogen) atoms.